The van der Waals surface area contributed by atoms with Crippen molar-refractivity contribution in [1.82, 2.24) is 10.3 Å². The van der Waals surface area contributed by atoms with E-state index in [9.17, 15) is 9.90 Å². The van der Waals surface area contributed by atoms with E-state index in [1.54, 1.807) is 13.0 Å². The molecule has 0 fully saturated rings. The molecule has 0 aliphatic carbocycles. The van der Waals surface area contributed by atoms with Gasteiger partial charge in [0.1, 0.15) is 0 Å². The zero-order valence-electron chi connectivity index (χ0n) is 8.56. The average molecular weight is 241 g/mol. The first-order valence-electron chi connectivity index (χ1n) is 4.52. The predicted molar refractivity (Wildman–Crippen MR) is 62.3 cm³/mol. The average Bonchev–Trinajstić information content (AvgIpc) is 2.21. The van der Waals surface area contributed by atoms with Gasteiger partial charge in [0.2, 0.25) is 0 Å². The van der Waals surface area contributed by atoms with Crippen LogP contribution in [0.25, 0.3) is 0 Å². The number of amides is 1. The normalized spacial score (nSPS) is 9.31. The van der Waals surface area contributed by atoms with E-state index in [1.807, 2.05) is 0 Å². The summed E-state index contributed by atoms with van der Waals surface area (Å²) in [6.07, 6.45) is 0.824. The van der Waals surface area contributed by atoms with Crippen molar-refractivity contribution in [1.29, 1.82) is 0 Å². The van der Waals surface area contributed by atoms with Gasteiger partial charge in [0.25, 0.3) is 0 Å². The van der Waals surface area contributed by atoms with Crippen molar-refractivity contribution in [2.45, 2.75) is 6.92 Å². The zero-order valence-corrected chi connectivity index (χ0v) is 9.37. The monoisotopic (exact) mass is 241 g/mol. The number of aromatic nitrogens is 1. The van der Waals surface area contributed by atoms with Crippen LogP contribution in [0.5, 0.6) is 5.75 Å². The maximum Gasteiger partial charge on any atom is 0.413 e. The molecule has 0 spiro atoms. The third kappa shape index (κ3) is 3.70. The van der Waals surface area contributed by atoms with Crippen LogP contribution in [0.2, 0.25) is 0 Å². The number of hydrogen-bond donors (Lipinski definition) is 3. The molecule has 0 bridgehead atoms. The molecule has 1 rings (SSSR count). The second-order valence-electron chi connectivity index (χ2n) is 2.67. The first-order chi connectivity index (χ1) is 7.63. The van der Waals surface area contributed by atoms with Crippen LogP contribution in [-0.2, 0) is 4.74 Å². The third-order valence-corrected chi connectivity index (χ3v) is 1.71. The van der Waals surface area contributed by atoms with Crippen molar-refractivity contribution in [2.75, 3.05) is 11.9 Å². The van der Waals surface area contributed by atoms with E-state index in [4.69, 9.17) is 12.2 Å². The molecule has 16 heavy (non-hydrogen) atoms. The number of pyridine rings is 1. The molecule has 7 heteroatoms. The number of anilines is 1. The Labute approximate surface area is 97.6 Å². The van der Waals surface area contributed by atoms with Crippen LogP contribution in [0, 0.1) is 0 Å². The van der Waals surface area contributed by atoms with Gasteiger partial charge in [-0.05, 0) is 31.3 Å². The molecule has 6 nitrogen and oxygen atoms in total. The van der Waals surface area contributed by atoms with Gasteiger partial charge in [0.05, 0.1) is 6.61 Å². The molecule has 0 aromatic carbocycles. The fourth-order valence-electron chi connectivity index (χ4n) is 0.892. The Balaban J connectivity index is 2.52. The second-order valence-corrected chi connectivity index (χ2v) is 3.08. The Morgan fingerprint density at radius 1 is 1.69 bits per heavy atom. The fraction of sp³-hybridized carbons (Fsp3) is 0.222. The SMILES string of the molecule is CCOC(=O)NC(=S)Nc1ncccc1O. The van der Waals surface area contributed by atoms with Gasteiger partial charge in [-0.2, -0.15) is 0 Å². The third-order valence-electron chi connectivity index (χ3n) is 1.51. The van der Waals surface area contributed by atoms with Gasteiger partial charge >= 0.3 is 6.09 Å². The molecule has 0 saturated carbocycles. The van der Waals surface area contributed by atoms with Gasteiger partial charge < -0.3 is 15.2 Å². The Bertz CT molecular complexity index is 397. The topological polar surface area (TPSA) is 83.5 Å². The number of nitrogens with one attached hydrogen (secondary N) is 2. The molecule has 0 atom stereocenters. The number of rotatable bonds is 2. The zero-order chi connectivity index (χ0) is 12.0. The molecule has 0 saturated heterocycles. The second kappa shape index (κ2) is 5.86. The van der Waals surface area contributed by atoms with Gasteiger partial charge in [-0.1, -0.05) is 0 Å². The quantitative estimate of drug-likeness (QED) is 0.675. The maximum atomic E-state index is 11.0. The van der Waals surface area contributed by atoms with Gasteiger partial charge in [0, 0.05) is 6.20 Å². The summed E-state index contributed by atoms with van der Waals surface area (Å²) in [5, 5.41) is 14.2. The molecule has 86 valence electrons. The van der Waals surface area contributed by atoms with Crippen molar-refractivity contribution in [3.8, 4) is 5.75 Å². The van der Waals surface area contributed by atoms with Crippen molar-refractivity contribution >= 4 is 29.2 Å². The Morgan fingerprint density at radius 2 is 2.44 bits per heavy atom. The minimum atomic E-state index is -0.657. The summed E-state index contributed by atoms with van der Waals surface area (Å²) in [6, 6.07) is 3.02. The van der Waals surface area contributed by atoms with Gasteiger partial charge in [-0.3, -0.25) is 5.32 Å². The van der Waals surface area contributed by atoms with E-state index in [1.165, 1.54) is 12.3 Å². The van der Waals surface area contributed by atoms with E-state index in [0.29, 0.717) is 0 Å². The lowest BCUT2D eigenvalue weighted by atomic mass is 10.4. The van der Waals surface area contributed by atoms with Crippen molar-refractivity contribution in [3.63, 3.8) is 0 Å². The number of thiocarbonyl (C=S) groups is 1. The highest BCUT2D eigenvalue weighted by atomic mass is 32.1. The first kappa shape index (κ1) is 12.2. The van der Waals surface area contributed by atoms with Crippen LogP contribution in [0.15, 0.2) is 18.3 Å². The Morgan fingerprint density at radius 3 is 3.06 bits per heavy atom. The number of carbonyl (C=O) groups excluding carboxylic acids is 1. The van der Waals surface area contributed by atoms with Crippen LogP contribution in [0.4, 0.5) is 10.6 Å². The number of nitrogens with zero attached hydrogens (tertiary/aromatic N) is 1. The molecular weight excluding hydrogens is 230 g/mol. The highest BCUT2D eigenvalue weighted by Gasteiger charge is 2.07. The van der Waals surface area contributed by atoms with E-state index in [2.05, 4.69) is 20.4 Å². The number of aromatic hydroxyl groups is 1. The highest BCUT2D eigenvalue weighted by Crippen LogP contribution is 2.17. The lowest BCUT2D eigenvalue weighted by Gasteiger charge is -2.09. The lowest BCUT2D eigenvalue weighted by Crippen LogP contribution is -2.34. The summed E-state index contributed by atoms with van der Waals surface area (Å²) in [7, 11) is 0. The molecule has 1 aromatic rings. The standard InChI is InChI=1S/C9H11N3O3S/c1-2-15-9(14)12-8(16)11-7-6(13)4-3-5-10-7/h3-5,13H,2H2,1H3,(H2,10,11,12,14,16). The summed E-state index contributed by atoms with van der Waals surface area (Å²) in [4.78, 5) is 14.8. The van der Waals surface area contributed by atoms with Crippen LogP contribution < -0.4 is 10.6 Å². The summed E-state index contributed by atoms with van der Waals surface area (Å²) in [6.45, 7) is 1.93. The molecule has 0 aliphatic rings. The summed E-state index contributed by atoms with van der Waals surface area (Å²) in [5.41, 5.74) is 0. The Hall–Kier alpha value is -1.89. The largest absolute Gasteiger partial charge is 0.504 e. The molecule has 0 unspecified atom stereocenters. The number of carbonyl (C=O) groups is 1. The lowest BCUT2D eigenvalue weighted by molar-refractivity contribution is 0.158. The maximum absolute atomic E-state index is 11.0. The summed E-state index contributed by atoms with van der Waals surface area (Å²) in [5.74, 6) is 0.111. The smallest absolute Gasteiger partial charge is 0.413 e. The van der Waals surface area contributed by atoms with Gasteiger partial charge in [0.15, 0.2) is 16.7 Å². The minimum Gasteiger partial charge on any atom is -0.504 e. The number of ether oxygens (including phenoxy) is 1. The molecule has 0 radical (unpaired) electrons. The number of hydrogen-bond acceptors (Lipinski definition) is 5. The summed E-state index contributed by atoms with van der Waals surface area (Å²) < 4.78 is 4.62. The van der Waals surface area contributed by atoms with Crippen LogP contribution >= 0.6 is 12.2 Å². The van der Waals surface area contributed by atoms with E-state index in [0.717, 1.165) is 0 Å². The van der Waals surface area contributed by atoms with Crippen LogP contribution in [-0.4, -0.2) is 27.9 Å². The van der Waals surface area contributed by atoms with Crippen molar-refractivity contribution in [2.24, 2.45) is 0 Å². The minimum absolute atomic E-state index is 0.00690. The van der Waals surface area contributed by atoms with Crippen molar-refractivity contribution < 1.29 is 14.6 Å². The molecule has 1 heterocycles. The van der Waals surface area contributed by atoms with Gasteiger partial charge in [-0.15, -0.1) is 0 Å². The van der Waals surface area contributed by atoms with E-state index < -0.39 is 6.09 Å². The molecular formula is C9H11N3O3S. The van der Waals surface area contributed by atoms with E-state index >= 15 is 0 Å². The predicted octanol–water partition coefficient (Wildman–Crippen LogP) is 1.23. The number of alkyl carbamates (subject to hydrolysis) is 1. The fourth-order valence-corrected chi connectivity index (χ4v) is 1.07. The van der Waals surface area contributed by atoms with Gasteiger partial charge in [-0.25, -0.2) is 9.78 Å². The first-order valence-corrected chi connectivity index (χ1v) is 4.93. The molecule has 3 N–H and O–H groups in total. The molecule has 1 aromatic heterocycles. The molecule has 1 amide bonds. The van der Waals surface area contributed by atoms with E-state index in [-0.39, 0.29) is 23.3 Å². The molecule has 0 aliphatic heterocycles. The van der Waals surface area contributed by atoms with Crippen LogP contribution in [0.3, 0.4) is 0 Å². The van der Waals surface area contributed by atoms with Crippen LogP contribution in [0.1, 0.15) is 6.92 Å². The Kier molecular flexibility index (Phi) is 4.46. The van der Waals surface area contributed by atoms with Crippen molar-refractivity contribution in [3.05, 3.63) is 18.3 Å². The highest BCUT2D eigenvalue weighted by molar-refractivity contribution is 7.80. The summed E-state index contributed by atoms with van der Waals surface area (Å²) >= 11 is 4.81.